The Morgan fingerprint density at radius 3 is 2.77 bits per heavy atom. The van der Waals surface area contributed by atoms with Crippen LogP contribution in [0.2, 0.25) is 0 Å². The molecule has 1 fully saturated rings. The van der Waals surface area contributed by atoms with Crippen molar-refractivity contribution in [3.63, 3.8) is 0 Å². The third-order valence-corrected chi connectivity index (χ3v) is 5.95. The Bertz CT molecular complexity index is 1010. The first kappa shape index (κ1) is 20.0. The fourth-order valence-corrected chi connectivity index (χ4v) is 4.21. The number of anilines is 1. The molecule has 2 aliphatic heterocycles. The van der Waals surface area contributed by atoms with Gasteiger partial charge in [0.25, 0.3) is 5.91 Å². The van der Waals surface area contributed by atoms with Crippen LogP contribution in [0.25, 0.3) is 11.3 Å². The number of hydrogen-bond acceptors (Lipinski definition) is 7. The number of rotatable bonds is 5. The second-order valence-corrected chi connectivity index (χ2v) is 7.93. The number of nitrogens with one attached hydrogen (secondary N) is 1. The largest absolute Gasteiger partial charge is 0.549 e. The fourth-order valence-electron chi connectivity index (χ4n) is 3.59. The summed E-state index contributed by atoms with van der Waals surface area (Å²) in [7, 11) is 0. The van der Waals surface area contributed by atoms with Crippen LogP contribution in [0.1, 0.15) is 10.4 Å². The third kappa shape index (κ3) is 3.90. The lowest BCUT2D eigenvalue weighted by Gasteiger charge is -2.39. The van der Waals surface area contributed by atoms with Gasteiger partial charge in [0.1, 0.15) is 11.8 Å². The zero-order valence-electron chi connectivity index (χ0n) is 15.8. The molecule has 3 amide bonds. The number of carbonyl (C=O) groups is 4. The average molecular weight is 428 g/mol. The van der Waals surface area contributed by atoms with Crippen molar-refractivity contribution in [2.24, 2.45) is 0 Å². The number of hydrogen-bond donors (Lipinski definition) is 1. The quantitative estimate of drug-likeness (QED) is 0.713. The van der Waals surface area contributed by atoms with E-state index in [1.54, 1.807) is 36.6 Å². The molecule has 0 bridgehead atoms. The fraction of sp³-hybridized carbons (Fsp3) is 0.300. The molecule has 2 aliphatic rings. The van der Waals surface area contributed by atoms with E-state index in [-0.39, 0.29) is 48.9 Å². The number of aliphatic carboxylic acids is 1. The molecule has 0 saturated carbocycles. The Hall–Kier alpha value is -3.27. The number of benzene rings is 1. The predicted molar refractivity (Wildman–Crippen MR) is 107 cm³/mol. The van der Waals surface area contributed by atoms with E-state index >= 15 is 0 Å². The zero-order valence-corrected chi connectivity index (χ0v) is 16.6. The highest BCUT2D eigenvalue weighted by Crippen LogP contribution is 2.30. The summed E-state index contributed by atoms with van der Waals surface area (Å²) in [5.74, 6) is -1.86. The van der Waals surface area contributed by atoms with Crippen molar-refractivity contribution >= 4 is 41.1 Å². The predicted octanol–water partition coefficient (Wildman–Crippen LogP) is 0.0348. The van der Waals surface area contributed by atoms with Crippen molar-refractivity contribution < 1.29 is 28.7 Å². The number of fused-ring (bicyclic) bond motifs is 2. The molecular formula is C20H18N3O6S-. The highest BCUT2D eigenvalue weighted by Gasteiger charge is 2.40. The molecule has 2 aromatic rings. The Morgan fingerprint density at radius 2 is 2.03 bits per heavy atom. The van der Waals surface area contributed by atoms with Gasteiger partial charge in [-0.15, -0.1) is 11.8 Å². The summed E-state index contributed by atoms with van der Waals surface area (Å²) in [5.41, 5.74) is 1.50. The maximum Gasteiger partial charge on any atom is 0.256 e. The molecule has 9 nitrogen and oxygen atoms in total. The molecule has 1 N–H and O–H groups in total. The van der Waals surface area contributed by atoms with Gasteiger partial charge in [-0.05, 0) is 30.3 Å². The lowest BCUT2D eigenvalue weighted by atomic mass is 10.1. The van der Waals surface area contributed by atoms with Crippen molar-refractivity contribution in [1.29, 1.82) is 0 Å². The molecule has 1 saturated heterocycles. The summed E-state index contributed by atoms with van der Waals surface area (Å²) < 4.78 is 5.39. The highest BCUT2D eigenvalue weighted by atomic mass is 32.2. The van der Waals surface area contributed by atoms with Crippen LogP contribution in [0.4, 0.5) is 5.69 Å². The van der Waals surface area contributed by atoms with Gasteiger partial charge < -0.3 is 29.4 Å². The van der Waals surface area contributed by atoms with Gasteiger partial charge in [-0.3, -0.25) is 14.4 Å². The van der Waals surface area contributed by atoms with Crippen molar-refractivity contribution in [2.75, 3.05) is 36.5 Å². The Kier molecular flexibility index (Phi) is 5.49. The van der Waals surface area contributed by atoms with Gasteiger partial charge in [0.2, 0.25) is 11.8 Å². The van der Waals surface area contributed by atoms with E-state index < -0.39 is 12.0 Å². The highest BCUT2D eigenvalue weighted by molar-refractivity contribution is 8.00. The van der Waals surface area contributed by atoms with Crippen molar-refractivity contribution in [2.45, 2.75) is 6.04 Å². The molecule has 10 heteroatoms. The molecule has 1 atom stereocenters. The summed E-state index contributed by atoms with van der Waals surface area (Å²) in [6.45, 7) is 0.535. The summed E-state index contributed by atoms with van der Waals surface area (Å²) >= 11 is 0.945. The minimum atomic E-state index is -1.24. The van der Waals surface area contributed by atoms with Crippen molar-refractivity contribution in [3.8, 4) is 11.3 Å². The zero-order chi connectivity index (χ0) is 21.3. The van der Waals surface area contributed by atoms with Gasteiger partial charge in [0.15, 0.2) is 0 Å². The molecule has 4 rings (SSSR count). The summed E-state index contributed by atoms with van der Waals surface area (Å²) in [4.78, 5) is 51.8. The van der Waals surface area contributed by atoms with Crippen LogP contribution < -0.4 is 10.4 Å². The number of piperazine rings is 1. The van der Waals surface area contributed by atoms with Gasteiger partial charge in [-0.2, -0.15) is 0 Å². The van der Waals surface area contributed by atoms with Gasteiger partial charge in [0, 0.05) is 24.4 Å². The Morgan fingerprint density at radius 1 is 1.20 bits per heavy atom. The smallest absolute Gasteiger partial charge is 0.256 e. The SMILES string of the molecule is O=C([O-])CSCC(=O)N1CCN2C(=O)c3cc(-c4ccco4)ccc3NC(=O)[C@H]2C1. The van der Waals surface area contributed by atoms with Gasteiger partial charge in [0.05, 0.1) is 35.8 Å². The van der Waals surface area contributed by atoms with E-state index in [4.69, 9.17) is 4.42 Å². The van der Waals surface area contributed by atoms with Crippen molar-refractivity contribution in [3.05, 3.63) is 42.2 Å². The van der Waals surface area contributed by atoms with Crippen LogP contribution in [0.15, 0.2) is 41.0 Å². The number of thioether (sulfide) groups is 1. The maximum absolute atomic E-state index is 13.2. The average Bonchev–Trinajstić information content (AvgIpc) is 3.24. The van der Waals surface area contributed by atoms with Crippen LogP contribution >= 0.6 is 11.8 Å². The number of carbonyl (C=O) groups excluding carboxylic acids is 4. The Balaban J connectivity index is 1.52. The van der Waals surface area contributed by atoms with Crippen LogP contribution in [0.5, 0.6) is 0 Å². The topological polar surface area (TPSA) is 123 Å². The normalized spacial score (nSPS) is 18.3. The number of amides is 3. The minimum absolute atomic E-state index is 0.0248. The number of nitrogens with zero attached hydrogens (tertiary/aromatic N) is 2. The van der Waals surface area contributed by atoms with Crippen LogP contribution in [0, 0.1) is 0 Å². The summed E-state index contributed by atoms with van der Waals surface area (Å²) in [6, 6.07) is 7.84. The van der Waals surface area contributed by atoms with Gasteiger partial charge in [-0.1, -0.05) is 0 Å². The monoisotopic (exact) mass is 428 g/mol. The molecule has 0 radical (unpaired) electrons. The van der Waals surface area contributed by atoms with Gasteiger partial charge in [-0.25, -0.2) is 0 Å². The summed E-state index contributed by atoms with van der Waals surface area (Å²) in [6.07, 6.45) is 1.54. The van der Waals surface area contributed by atoms with E-state index in [0.717, 1.165) is 17.3 Å². The molecule has 0 unspecified atom stereocenters. The first-order valence-corrected chi connectivity index (χ1v) is 10.4. The number of furan rings is 1. The molecule has 0 spiro atoms. The van der Waals surface area contributed by atoms with E-state index in [1.807, 2.05) is 0 Å². The van der Waals surface area contributed by atoms with Gasteiger partial charge >= 0.3 is 0 Å². The molecule has 1 aromatic carbocycles. The second kappa shape index (κ2) is 8.23. The van der Waals surface area contributed by atoms with Crippen LogP contribution in [0.3, 0.4) is 0 Å². The molecule has 3 heterocycles. The van der Waals surface area contributed by atoms with Crippen molar-refractivity contribution in [1.82, 2.24) is 9.80 Å². The second-order valence-electron chi connectivity index (χ2n) is 6.95. The van der Waals surface area contributed by atoms with E-state index in [1.165, 1.54) is 9.80 Å². The minimum Gasteiger partial charge on any atom is -0.549 e. The summed E-state index contributed by atoms with van der Waals surface area (Å²) in [5, 5.41) is 13.3. The van der Waals surface area contributed by atoms with Crippen LogP contribution in [-0.2, 0) is 14.4 Å². The Labute approximate surface area is 176 Å². The first-order chi connectivity index (χ1) is 14.4. The van der Waals surface area contributed by atoms with Crippen LogP contribution in [-0.4, -0.2) is 70.7 Å². The molecule has 1 aromatic heterocycles. The molecular weight excluding hydrogens is 410 g/mol. The molecule has 0 aliphatic carbocycles. The molecule has 156 valence electrons. The molecule has 30 heavy (non-hydrogen) atoms. The standard InChI is InChI=1S/C20H19N3O6S/c24-17(10-30-11-18(25)26)22-5-6-23-15(9-22)19(27)21-14-4-3-12(8-13(14)20(23)28)16-2-1-7-29-16/h1-4,7-8,15H,5-6,9-11H2,(H,21,27)(H,25,26)/p-1/t15-/m1/s1. The number of carboxylic acid groups (broad SMARTS) is 1. The third-order valence-electron chi connectivity index (χ3n) is 5.06. The van der Waals surface area contributed by atoms with E-state index in [9.17, 15) is 24.3 Å². The maximum atomic E-state index is 13.2. The number of carboxylic acids is 1. The lowest BCUT2D eigenvalue weighted by Crippen LogP contribution is -2.59. The van der Waals surface area contributed by atoms with E-state index in [0.29, 0.717) is 17.0 Å². The lowest BCUT2D eigenvalue weighted by molar-refractivity contribution is -0.301. The first-order valence-electron chi connectivity index (χ1n) is 9.29. The van der Waals surface area contributed by atoms with E-state index in [2.05, 4.69) is 5.32 Å².